The lowest BCUT2D eigenvalue weighted by Crippen LogP contribution is -2.29. The van der Waals surface area contributed by atoms with E-state index in [0.717, 1.165) is 10.0 Å². The van der Waals surface area contributed by atoms with E-state index < -0.39 is 12.5 Å². The molecule has 2 nitrogen and oxygen atoms in total. The van der Waals surface area contributed by atoms with Crippen LogP contribution in [0.4, 0.5) is 8.78 Å². The predicted octanol–water partition coefficient (Wildman–Crippen LogP) is 2.68. The van der Waals surface area contributed by atoms with Gasteiger partial charge in [0.05, 0.1) is 12.6 Å². The molecular formula is C11H14BrF2NO. The van der Waals surface area contributed by atoms with Crippen LogP contribution in [0.5, 0.6) is 0 Å². The number of hydrogen-bond acceptors (Lipinski definition) is 2. The first kappa shape index (κ1) is 13.5. The molecular weight excluding hydrogens is 280 g/mol. The van der Waals surface area contributed by atoms with Gasteiger partial charge >= 0.3 is 0 Å². The van der Waals surface area contributed by atoms with Crippen molar-refractivity contribution in [2.45, 2.75) is 12.5 Å². The van der Waals surface area contributed by atoms with Gasteiger partial charge in [-0.2, -0.15) is 0 Å². The van der Waals surface area contributed by atoms with Crippen molar-refractivity contribution in [3.63, 3.8) is 0 Å². The molecule has 0 radical (unpaired) electrons. The van der Waals surface area contributed by atoms with Gasteiger partial charge in [-0.05, 0) is 24.7 Å². The van der Waals surface area contributed by atoms with Crippen molar-refractivity contribution in [2.75, 3.05) is 20.1 Å². The minimum absolute atomic E-state index is 0.200. The summed E-state index contributed by atoms with van der Waals surface area (Å²) >= 11 is 3.29. The zero-order chi connectivity index (χ0) is 12.1. The molecule has 0 aliphatic heterocycles. The fourth-order valence-electron chi connectivity index (χ4n) is 1.40. The molecule has 1 N–H and O–H groups in total. The van der Waals surface area contributed by atoms with Gasteiger partial charge in [0.1, 0.15) is 0 Å². The fourth-order valence-corrected chi connectivity index (χ4v) is 1.66. The molecule has 1 aromatic carbocycles. The summed E-state index contributed by atoms with van der Waals surface area (Å²) in [5.74, 6) is 0. The van der Waals surface area contributed by atoms with E-state index in [1.807, 2.05) is 12.1 Å². The Morgan fingerprint density at radius 3 is 2.31 bits per heavy atom. The summed E-state index contributed by atoms with van der Waals surface area (Å²) in [6, 6.07) is 7.16. The maximum absolute atomic E-state index is 12.1. The van der Waals surface area contributed by atoms with Gasteiger partial charge in [0.2, 0.25) is 0 Å². The first-order valence-corrected chi connectivity index (χ1v) is 5.68. The summed E-state index contributed by atoms with van der Waals surface area (Å²) in [5, 5.41) is 9.79. The Morgan fingerprint density at radius 1 is 1.25 bits per heavy atom. The third-order valence-corrected chi connectivity index (χ3v) is 2.72. The summed E-state index contributed by atoms with van der Waals surface area (Å²) < 4.78 is 25.0. The molecule has 90 valence electrons. The van der Waals surface area contributed by atoms with E-state index in [0.29, 0.717) is 0 Å². The van der Waals surface area contributed by atoms with Crippen LogP contribution < -0.4 is 0 Å². The number of alkyl halides is 2. The number of nitrogens with zero attached hydrogens (tertiary/aromatic N) is 1. The van der Waals surface area contributed by atoms with Gasteiger partial charge in [0.25, 0.3) is 6.43 Å². The van der Waals surface area contributed by atoms with Crippen LogP contribution in [-0.4, -0.2) is 36.6 Å². The molecule has 0 heterocycles. The van der Waals surface area contributed by atoms with Crippen molar-refractivity contribution in [1.29, 1.82) is 0 Å². The number of halogens is 3. The summed E-state index contributed by atoms with van der Waals surface area (Å²) in [7, 11) is 1.56. The second-order valence-electron chi connectivity index (χ2n) is 3.68. The van der Waals surface area contributed by atoms with E-state index in [-0.39, 0.29) is 13.1 Å². The SMILES string of the molecule is CN(CC(F)F)CC(O)c1ccc(Br)cc1. The van der Waals surface area contributed by atoms with Crippen LogP contribution in [0.25, 0.3) is 0 Å². The van der Waals surface area contributed by atoms with E-state index in [2.05, 4.69) is 15.9 Å². The molecule has 0 spiro atoms. The Morgan fingerprint density at radius 2 is 1.81 bits per heavy atom. The standard InChI is InChI=1S/C11H14BrF2NO/c1-15(7-11(13)14)6-10(16)8-2-4-9(12)5-3-8/h2-5,10-11,16H,6-7H2,1H3. The van der Waals surface area contributed by atoms with Gasteiger partial charge in [0.15, 0.2) is 0 Å². The van der Waals surface area contributed by atoms with Crippen molar-refractivity contribution in [3.8, 4) is 0 Å². The third-order valence-electron chi connectivity index (χ3n) is 2.19. The average Bonchev–Trinajstić information content (AvgIpc) is 2.16. The van der Waals surface area contributed by atoms with E-state index in [1.165, 1.54) is 4.90 Å². The Hall–Kier alpha value is -0.520. The predicted molar refractivity (Wildman–Crippen MR) is 62.6 cm³/mol. The topological polar surface area (TPSA) is 23.5 Å². The molecule has 5 heteroatoms. The summed E-state index contributed by atoms with van der Waals surface area (Å²) in [6.45, 7) is -0.125. The largest absolute Gasteiger partial charge is 0.387 e. The van der Waals surface area contributed by atoms with Crippen molar-refractivity contribution in [3.05, 3.63) is 34.3 Å². The molecule has 1 unspecified atom stereocenters. The molecule has 16 heavy (non-hydrogen) atoms. The van der Waals surface area contributed by atoms with Gasteiger partial charge in [0, 0.05) is 11.0 Å². The Labute approximate surface area is 102 Å². The Balaban J connectivity index is 2.51. The molecule has 1 atom stereocenters. The molecule has 0 amide bonds. The van der Waals surface area contributed by atoms with Crippen molar-refractivity contribution >= 4 is 15.9 Å². The van der Waals surface area contributed by atoms with Gasteiger partial charge in [-0.3, -0.25) is 4.90 Å². The van der Waals surface area contributed by atoms with E-state index >= 15 is 0 Å². The first-order chi connectivity index (χ1) is 7.49. The molecule has 0 aromatic heterocycles. The number of likely N-dealkylation sites (N-methyl/N-ethyl adjacent to an activating group) is 1. The molecule has 0 bridgehead atoms. The Kier molecular flexibility index (Phi) is 5.31. The van der Waals surface area contributed by atoms with Gasteiger partial charge in [-0.25, -0.2) is 8.78 Å². The minimum Gasteiger partial charge on any atom is -0.387 e. The van der Waals surface area contributed by atoms with Crippen LogP contribution in [0.15, 0.2) is 28.7 Å². The van der Waals surface area contributed by atoms with Crippen LogP contribution >= 0.6 is 15.9 Å². The summed E-state index contributed by atoms with van der Waals surface area (Å²) in [6.07, 6.45) is -3.11. The fraction of sp³-hybridized carbons (Fsp3) is 0.455. The van der Waals surface area contributed by atoms with Crippen LogP contribution in [-0.2, 0) is 0 Å². The zero-order valence-corrected chi connectivity index (χ0v) is 10.5. The third kappa shape index (κ3) is 4.55. The Bertz CT molecular complexity index is 318. The highest BCUT2D eigenvalue weighted by Crippen LogP contribution is 2.17. The average molecular weight is 294 g/mol. The number of benzene rings is 1. The second-order valence-corrected chi connectivity index (χ2v) is 4.60. The van der Waals surface area contributed by atoms with Crippen LogP contribution in [0, 0.1) is 0 Å². The lowest BCUT2D eigenvalue weighted by molar-refractivity contribution is 0.0680. The minimum atomic E-state index is -2.37. The molecule has 1 rings (SSSR count). The number of rotatable bonds is 5. The molecule has 0 aliphatic rings. The molecule has 1 aromatic rings. The highest BCUT2D eigenvalue weighted by Gasteiger charge is 2.13. The van der Waals surface area contributed by atoms with E-state index in [1.54, 1.807) is 19.2 Å². The van der Waals surface area contributed by atoms with Gasteiger partial charge in [-0.1, -0.05) is 28.1 Å². The zero-order valence-electron chi connectivity index (χ0n) is 8.91. The summed E-state index contributed by atoms with van der Waals surface area (Å²) in [5.41, 5.74) is 0.726. The lowest BCUT2D eigenvalue weighted by atomic mass is 10.1. The highest BCUT2D eigenvalue weighted by atomic mass is 79.9. The normalized spacial score (nSPS) is 13.4. The first-order valence-electron chi connectivity index (χ1n) is 4.89. The van der Waals surface area contributed by atoms with E-state index in [9.17, 15) is 13.9 Å². The molecule has 0 fully saturated rings. The summed E-state index contributed by atoms with van der Waals surface area (Å²) in [4.78, 5) is 1.41. The van der Waals surface area contributed by atoms with Crippen molar-refractivity contribution in [2.24, 2.45) is 0 Å². The van der Waals surface area contributed by atoms with Crippen molar-refractivity contribution in [1.82, 2.24) is 4.90 Å². The molecule has 0 saturated carbocycles. The molecule has 0 saturated heterocycles. The quantitative estimate of drug-likeness (QED) is 0.902. The number of hydrogen-bond donors (Lipinski definition) is 1. The van der Waals surface area contributed by atoms with Crippen LogP contribution in [0.3, 0.4) is 0 Å². The van der Waals surface area contributed by atoms with Gasteiger partial charge < -0.3 is 5.11 Å². The number of aliphatic hydroxyl groups excluding tert-OH is 1. The molecule has 0 aliphatic carbocycles. The number of aliphatic hydroxyl groups is 1. The second kappa shape index (κ2) is 6.27. The monoisotopic (exact) mass is 293 g/mol. The van der Waals surface area contributed by atoms with Crippen molar-refractivity contribution < 1.29 is 13.9 Å². The maximum Gasteiger partial charge on any atom is 0.251 e. The van der Waals surface area contributed by atoms with Crippen LogP contribution in [0.1, 0.15) is 11.7 Å². The van der Waals surface area contributed by atoms with Gasteiger partial charge in [-0.15, -0.1) is 0 Å². The maximum atomic E-state index is 12.1. The van der Waals surface area contributed by atoms with E-state index in [4.69, 9.17) is 0 Å². The smallest absolute Gasteiger partial charge is 0.251 e. The highest BCUT2D eigenvalue weighted by molar-refractivity contribution is 9.10. The van der Waals surface area contributed by atoms with Crippen LogP contribution in [0.2, 0.25) is 0 Å². The lowest BCUT2D eigenvalue weighted by Gasteiger charge is -2.20.